The van der Waals surface area contributed by atoms with Crippen molar-refractivity contribution in [2.24, 2.45) is 5.73 Å². The third-order valence-corrected chi connectivity index (χ3v) is 4.01. The Morgan fingerprint density at radius 1 is 1.38 bits per heavy atom. The highest BCUT2D eigenvalue weighted by Crippen LogP contribution is 2.22. The Morgan fingerprint density at radius 3 is 2.85 bits per heavy atom. The predicted molar refractivity (Wildman–Crippen MR) is 88.8 cm³/mol. The Hall–Kier alpha value is -3.43. The van der Waals surface area contributed by atoms with Crippen molar-refractivity contribution >= 4 is 34.8 Å². The van der Waals surface area contributed by atoms with Crippen LogP contribution in [0.3, 0.4) is 0 Å². The molecule has 0 saturated carbocycles. The monoisotopic (exact) mass is 359 g/mol. The summed E-state index contributed by atoms with van der Waals surface area (Å²) in [6.45, 7) is 1.66. The Kier molecular flexibility index (Phi) is 4.57. The quantitative estimate of drug-likeness (QED) is 0.563. The van der Waals surface area contributed by atoms with Gasteiger partial charge in [-0.2, -0.15) is 0 Å². The number of aryl methyl sites for hydroxylation is 1. The van der Waals surface area contributed by atoms with Crippen molar-refractivity contribution in [3.63, 3.8) is 0 Å². The van der Waals surface area contributed by atoms with Crippen molar-refractivity contribution in [1.82, 2.24) is 20.6 Å². The average Bonchev–Trinajstić information content (AvgIpc) is 2.96. The molecule has 0 aliphatic carbocycles. The maximum absolute atomic E-state index is 12.6. The molecule has 0 radical (unpaired) electrons. The summed E-state index contributed by atoms with van der Waals surface area (Å²) in [5.41, 5.74) is 6.78. The minimum atomic E-state index is -0.908. The molecule has 5 N–H and O–H groups in total. The second-order valence-electron chi connectivity index (χ2n) is 5.90. The lowest BCUT2D eigenvalue weighted by atomic mass is 10.0. The molecule has 1 saturated heterocycles. The second-order valence-corrected chi connectivity index (χ2v) is 5.90. The first-order valence-electron chi connectivity index (χ1n) is 7.90. The third kappa shape index (κ3) is 3.48. The van der Waals surface area contributed by atoms with Crippen molar-refractivity contribution in [3.8, 4) is 0 Å². The number of amides is 4. The summed E-state index contributed by atoms with van der Waals surface area (Å²) in [7, 11) is 0. The number of ether oxygens (including phenoxy) is 1. The fourth-order valence-corrected chi connectivity index (χ4v) is 2.78. The minimum absolute atomic E-state index is 0.0670. The van der Waals surface area contributed by atoms with Gasteiger partial charge in [-0.15, -0.1) is 0 Å². The summed E-state index contributed by atoms with van der Waals surface area (Å²) < 4.78 is 4.80. The zero-order chi connectivity index (χ0) is 18.8. The number of rotatable bonds is 4. The smallest absolute Gasteiger partial charge is 0.404 e. The third-order valence-electron chi connectivity index (χ3n) is 4.01. The van der Waals surface area contributed by atoms with E-state index < -0.39 is 23.9 Å². The van der Waals surface area contributed by atoms with E-state index in [1.807, 2.05) is 0 Å². The van der Waals surface area contributed by atoms with Crippen LogP contribution in [-0.4, -0.2) is 39.8 Å². The summed E-state index contributed by atoms with van der Waals surface area (Å²) in [5, 5.41) is 4.80. The molecule has 10 heteroatoms. The Bertz CT molecular complexity index is 919. The van der Waals surface area contributed by atoms with Crippen molar-refractivity contribution in [3.05, 3.63) is 29.1 Å². The fourth-order valence-electron chi connectivity index (χ4n) is 2.78. The summed E-state index contributed by atoms with van der Waals surface area (Å²) in [6.07, 6.45) is -0.505. The number of aromatic nitrogens is 2. The van der Waals surface area contributed by atoms with E-state index in [4.69, 9.17) is 10.5 Å². The van der Waals surface area contributed by atoms with Gasteiger partial charge in [-0.25, -0.2) is 9.78 Å². The van der Waals surface area contributed by atoms with Gasteiger partial charge in [-0.3, -0.25) is 19.7 Å². The van der Waals surface area contributed by atoms with Gasteiger partial charge in [0.15, 0.2) is 0 Å². The molecule has 26 heavy (non-hydrogen) atoms. The van der Waals surface area contributed by atoms with Crippen molar-refractivity contribution in [2.75, 3.05) is 0 Å². The number of nitrogens with one attached hydrogen (secondary N) is 3. The minimum Gasteiger partial charge on any atom is -0.445 e. The van der Waals surface area contributed by atoms with E-state index in [1.54, 1.807) is 13.0 Å². The number of carbonyl (C=O) groups is 4. The normalized spacial score (nSPS) is 17.0. The number of fused-ring (bicyclic) bond motifs is 1. The molecule has 1 aromatic heterocycles. The molecule has 10 nitrogen and oxygen atoms in total. The fraction of sp³-hybridized carbons (Fsp3) is 0.312. The molecule has 1 atom stereocenters. The van der Waals surface area contributed by atoms with Crippen molar-refractivity contribution in [2.45, 2.75) is 32.4 Å². The van der Waals surface area contributed by atoms with Crippen LogP contribution in [0.2, 0.25) is 0 Å². The van der Waals surface area contributed by atoms with Crippen LogP contribution in [0.5, 0.6) is 0 Å². The van der Waals surface area contributed by atoms with Crippen LogP contribution in [0.4, 0.5) is 4.79 Å². The Morgan fingerprint density at radius 2 is 2.15 bits per heavy atom. The van der Waals surface area contributed by atoms with Crippen LogP contribution in [-0.2, 0) is 20.9 Å². The van der Waals surface area contributed by atoms with E-state index in [9.17, 15) is 19.2 Å². The SMILES string of the molecule is Cc1nc2c(C(=O)NC3CCC(=O)NC3=O)ccc(COC(N)=O)c2[nH]1. The number of imide groups is 1. The maximum Gasteiger partial charge on any atom is 0.404 e. The van der Waals surface area contributed by atoms with Crippen LogP contribution in [0, 0.1) is 6.92 Å². The molecular formula is C16H17N5O5. The molecule has 2 heterocycles. The van der Waals surface area contributed by atoms with E-state index in [1.165, 1.54) is 6.07 Å². The maximum atomic E-state index is 12.6. The van der Waals surface area contributed by atoms with E-state index in [2.05, 4.69) is 20.6 Å². The molecule has 1 unspecified atom stereocenters. The molecule has 1 aliphatic heterocycles. The van der Waals surface area contributed by atoms with E-state index in [0.29, 0.717) is 22.4 Å². The number of imidazole rings is 1. The van der Waals surface area contributed by atoms with Gasteiger partial charge in [0.25, 0.3) is 5.91 Å². The van der Waals surface area contributed by atoms with Crippen molar-refractivity contribution in [1.29, 1.82) is 0 Å². The van der Waals surface area contributed by atoms with Gasteiger partial charge in [0.05, 0.1) is 11.1 Å². The molecule has 0 bridgehead atoms. The topological polar surface area (TPSA) is 156 Å². The number of hydrogen-bond acceptors (Lipinski definition) is 6. The summed E-state index contributed by atoms with van der Waals surface area (Å²) >= 11 is 0. The number of H-pyrrole nitrogens is 1. The van der Waals surface area contributed by atoms with Crippen LogP contribution in [0.15, 0.2) is 12.1 Å². The molecule has 4 amide bonds. The van der Waals surface area contributed by atoms with Crippen LogP contribution >= 0.6 is 0 Å². The molecule has 1 aliphatic rings. The first kappa shape index (κ1) is 17.4. The Labute approximate surface area is 147 Å². The standard InChI is InChI=1S/C16H17N5O5/c1-7-18-12-8(6-26-16(17)25)2-3-9(13(12)19-7)14(23)20-10-4-5-11(22)21-15(10)24/h2-3,10H,4-6H2,1H3,(H2,17,25)(H,18,19)(H,20,23)(H,21,22,24). The Balaban J connectivity index is 1.86. The number of benzene rings is 1. The van der Waals surface area contributed by atoms with Crippen LogP contribution in [0.25, 0.3) is 11.0 Å². The van der Waals surface area contributed by atoms with Crippen LogP contribution in [0.1, 0.15) is 34.6 Å². The summed E-state index contributed by atoms with van der Waals surface area (Å²) in [6, 6.07) is 2.36. The van der Waals surface area contributed by atoms with Crippen LogP contribution < -0.4 is 16.4 Å². The lowest BCUT2D eigenvalue weighted by Gasteiger charge is -2.21. The lowest BCUT2D eigenvalue weighted by molar-refractivity contribution is -0.134. The summed E-state index contributed by atoms with van der Waals surface area (Å²) in [5.74, 6) is -0.805. The number of carbonyl (C=O) groups excluding carboxylic acids is 4. The number of primary amides is 1. The summed E-state index contributed by atoms with van der Waals surface area (Å²) in [4.78, 5) is 53.7. The van der Waals surface area contributed by atoms with E-state index in [0.717, 1.165) is 0 Å². The zero-order valence-corrected chi connectivity index (χ0v) is 13.9. The van der Waals surface area contributed by atoms with Gasteiger partial charge in [0.1, 0.15) is 24.0 Å². The molecule has 1 fully saturated rings. The molecular weight excluding hydrogens is 342 g/mol. The van der Waals surface area contributed by atoms with Gasteiger partial charge in [0.2, 0.25) is 11.8 Å². The number of hydrogen-bond donors (Lipinski definition) is 4. The van der Waals surface area contributed by atoms with Gasteiger partial charge in [-0.05, 0) is 19.4 Å². The molecule has 136 valence electrons. The lowest BCUT2D eigenvalue weighted by Crippen LogP contribution is -2.52. The molecule has 1 aromatic carbocycles. The van der Waals surface area contributed by atoms with E-state index >= 15 is 0 Å². The highest BCUT2D eigenvalue weighted by Gasteiger charge is 2.29. The predicted octanol–water partition coefficient (Wildman–Crippen LogP) is 0.00162. The molecule has 2 aromatic rings. The van der Waals surface area contributed by atoms with Gasteiger partial charge in [0, 0.05) is 12.0 Å². The van der Waals surface area contributed by atoms with Gasteiger partial charge in [-0.1, -0.05) is 6.07 Å². The van der Waals surface area contributed by atoms with Gasteiger partial charge < -0.3 is 20.8 Å². The highest BCUT2D eigenvalue weighted by molar-refractivity contribution is 6.08. The number of piperidine rings is 1. The average molecular weight is 359 g/mol. The number of nitrogens with zero attached hydrogens (tertiary/aromatic N) is 1. The zero-order valence-electron chi connectivity index (χ0n) is 13.9. The van der Waals surface area contributed by atoms with E-state index in [-0.39, 0.29) is 30.9 Å². The van der Waals surface area contributed by atoms with Gasteiger partial charge >= 0.3 is 6.09 Å². The molecule has 0 spiro atoms. The number of nitrogens with two attached hydrogens (primary N) is 1. The molecule has 3 rings (SSSR count). The first-order chi connectivity index (χ1) is 12.3. The first-order valence-corrected chi connectivity index (χ1v) is 7.90. The largest absolute Gasteiger partial charge is 0.445 e. The number of aromatic amines is 1. The second kappa shape index (κ2) is 6.82. The highest BCUT2D eigenvalue weighted by atomic mass is 16.5. The van der Waals surface area contributed by atoms with Crippen molar-refractivity contribution < 1.29 is 23.9 Å².